The van der Waals surface area contributed by atoms with Crippen LogP contribution in [0.25, 0.3) is 0 Å². The van der Waals surface area contributed by atoms with E-state index >= 15 is 0 Å². The normalized spacial score (nSPS) is 17.0. The van der Waals surface area contributed by atoms with E-state index in [1.807, 2.05) is 24.3 Å². The second kappa shape index (κ2) is 9.15. The highest BCUT2D eigenvalue weighted by atomic mass is 35.5. The Morgan fingerprint density at radius 3 is 2.47 bits per heavy atom. The number of hydrogen-bond donors (Lipinski definition) is 0. The van der Waals surface area contributed by atoms with E-state index in [1.54, 1.807) is 17.0 Å². The molecule has 7 heteroatoms. The van der Waals surface area contributed by atoms with Crippen molar-refractivity contribution < 1.29 is 19.0 Å². The van der Waals surface area contributed by atoms with Gasteiger partial charge in [-0.2, -0.15) is 0 Å². The van der Waals surface area contributed by atoms with Crippen molar-refractivity contribution in [3.05, 3.63) is 57.6 Å². The first-order valence-electron chi connectivity index (χ1n) is 10.4. The molecule has 1 fully saturated rings. The minimum atomic E-state index is -1.43. The molecule has 1 spiro atoms. The van der Waals surface area contributed by atoms with E-state index in [1.165, 1.54) is 19.3 Å². The summed E-state index contributed by atoms with van der Waals surface area (Å²) in [6, 6.07) is 11.2. The number of anilines is 1. The Hall–Kier alpha value is -1.79. The van der Waals surface area contributed by atoms with Gasteiger partial charge in [-0.3, -0.25) is 4.79 Å². The molecular formula is C23H25Cl2NO4. The maximum atomic E-state index is 13.3. The number of hydrogen-bond acceptors (Lipinski definition) is 4. The molecule has 0 aromatic heterocycles. The number of carbonyl (C=O) groups is 1. The van der Waals surface area contributed by atoms with Crippen molar-refractivity contribution in [1.82, 2.24) is 0 Å². The number of carbonyl (C=O) groups excluding carboxylic acids is 1. The van der Waals surface area contributed by atoms with Crippen molar-refractivity contribution in [2.75, 3.05) is 24.7 Å². The Morgan fingerprint density at radius 1 is 1.03 bits per heavy atom. The molecule has 2 aliphatic rings. The summed E-state index contributed by atoms with van der Waals surface area (Å²) < 4.78 is 17.3. The molecule has 2 aromatic rings. The predicted octanol–water partition coefficient (Wildman–Crippen LogP) is 5.70. The van der Waals surface area contributed by atoms with Gasteiger partial charge in [0.05, 0.1) is 42.1 Å². The fourth-order valence-electron chi connectivity index (χ4n) is 3.90. The average Bonchev–Trinajstić information content (AvgIpc) is 3.33. The number of unbranched alkanes of at least 4 members (excludes halogenated alkanes) is 3. The summed E-state index contributed by atoms with van der Waals surface area (Å²) in [4.78, 5) is 14.9. The van der Waals surface area contributed by atoms with Crippen LogP contribution in [0.1, 0.15) is 43.7 Å². The molecule has 2 aliphatic heterocycles. The monoisotopic (exact) mass is 449 g/mol. The molecule has 5 nitrogen and oxygen atoms in total. The van der Waals surface area contributed by atoms with Gasteiger partial charge in [0.1, 0.15) is 5.75 Å². The molecule has 0 atom stereocenters. The molecular weight excluding hydrogens is 425 g/mol. The van der Waals surface area contributed by atoms with Gasteiger partial charge in [-0.25, -0.2) is 0 Å². The number of amides is 1. The first kappa shape index (κ1) is 21.4. The van der Waals surface area contributed by atoms with Gasteiger partial charge in [0.15, 0.2) is 0 Å². The molecule has 2 aromatic carbocycles. The summed E-state index contributed by atoms with van der Waals surface area (Å²) in [5, 5.41) is 0.709. The van der Waals surface area contributed by atoms with Crippen LogP contribution < -0.4 is 9.64 Å². The Balaban J connectivity index is 1.51. The molecule has 0 unspecified atom stereocenters. The van der Waals surface area contributed by atoms with Crippen LogP contribution in [0.5, 0.6) is 5.75 Å². The summed E-state index contributed by atoms with van der Waals surface area (Å²) >= 11 is 12.7. The van der Waals surface area contributed by atoms with E-state index in [4.69, 9.17) is 37.4 Å². The molecule has 30 heavy (non-hydrogen) atoms. The SMILES string of the molecule is CCCCCCOc1ccc(CN2C(=O)C3(OCCO3)c3ccc(Cl)c(Cl)c32)cc1. The fraction of sp³-hybridized carbons (Fsp3) is 0.435. The van der Waals surface area contributed by atoms with E-state index in [0.717, 1.165) is 17.7 Å². The smallest absolute Gasteiger partial charge is 0.292 e. The number of rotatable bonds is 8. The maximum absolute atomic E-state index is 13.3. The van der Waals surface area contributed by atoms with Crippen molar-refractivity contribution in [2.45, 2.75) is 44.9 Å². The van der Waals surface area contributed by atoms with Gasteiger partial charge >= 0.3 is 0 Å². The molecule has 0 bridgehead atoms. The number of ether oxygens (including phenoxy) is 3. The van der Waals surface area contributed by atoms with Crippen LogP contribution in [0.3, 0.4) is 0 Å². The van der Waals surface area contributed by atoms with Gasteiger partial charge in [-0.15, -0.1) is 0 Å². The van der Waals surface area contributed by atoms with Crippen LogP contribution >= 0.6 is 23.2 Å². The quantitative estimate of drug-likeness (QED) is 0.485. The van der Waals surface area contributed by atoms with E-state index in [9.17, 15) is 4.79 Å². The first-order chi connectivity index (χ1) is 14.6. The number of fused-ring (bicyclic) bond motifs is 2. The third-order valence-electron chi connectivity index (χ3n) is 5.44. The summed E-state index contributed by atoms with van der Waals surface area (Å²) in [6.45, 7) is 3.93. The zero-order valence-electron chi connectivity index (χ0n) is 17.0. The van der Waals surface area contributed by atoms with Crippen molar-refractivity contribution in [1.29, 1.82) is 0 Å². The Bertz CT molecular complexity index is 910. The maximum Gasteiger partial charge on any atom is 0.292 e. The third-order valence-corrected chi connectivity index (χ3v) is 6.24. The van der Waals surface area contributed by atoms with Gasteiger partial charge < -0.3 is 19.1 Å². The van der Waals surface area contributed by atoms with E-state index in [-0.39, 0.29) is 5.91 Å². The second-order valence-corrected chi connectivity index (χ2v) is 8.30. The largest absolute Gasteiger partial charge is 0.494 e. The summed E-state index contributed by atoms with van der Waals surface area (Å²) in [7, 11) is 0. The molecule has 1 amide bonds. The van der Waals surface area contributed by atoms with Gasteiger partial charge in [0, 0.05) is 5.56 Å². The molecule has 1 saturated heterocycles. The highest BCUT2D eigenvalue weighted by Gasteiger charge is 2.56. The Labute approximate surface area is 186 Å². The van der Waals surface area contributed by atoms with Crippen molar-refractivity contribution in [3.63, 3.8) is 0 Å². The lowest BCUT2D eigenvalue weighted by Crippen LogP contribution is -2.40. The van der Waals surface area contributed by atoms with Gasteiger partial charge in [-0.05, 0) is 36.2 Å². The molecule has 4 rings (SSSR count). The van der Waals surface area contributed by atoms with Crippen LogP contribution in [-0.2, 0) is 26.6 Å². The predicted molar refractivity (Wildman–Crippen MR) is 117 cm³/mol. The first-order valence-corrected chi connectivity index (χ1v) is 11.1. The van der Waals surface area contributed by atoms with Gasteiger partial charge in [0.2, 0.25) is 0 Å². The van der Waals surface area contributed by atoms with E-state index in [2.05, 4.69) is 6.92 Å². The lowest BCUT2D eigenvalue weighted by Gasteiger charge is -2.22. The minimum Gasteiger partial charge on any atom is -0.494 e. The molecule has 0 N–H and O–H groups in total. The van der Waals surface area contributed by atoms with Crippen molar-refractivity contribution in [2.24, 2.45) is 0 Å². The molecule has 0 aliphatic carbocycles. The van der Waals surface area contributed by atoms with Crippen molar-refractivity contribution >= 4 is 34.8 Å². The second-order valence-electron chi connectivity index (χ2n) is 7.52. The summed E-state index contributed by atoms with van der Waals surface area (Å²) in [6.07, 6.45) is 4.67. The minimum absolute atomic E-state index is 0.282. The fourth-order valence-corrected chi connectivity index (χ4v) is 4.32. The highest BCUT2D eigenvalue weighted by Crippen LogP contribution is 2.51. The van der Waals surface area contributed by atoms with Crippen molar-refractivity contribution in [3.8, 4) is 5.75 Å². The van der Waals surface area contributed by atoms with Crippen LogP contribution in [-0.4, -0.2) is 25.7 Å². The summed E-state index contributed by atoms with van der Waals surface area (Å²) in [5.74, 6) is -0.885. The lowest BCUT2D eigenvalue weighted by atomic mass is 10.1. The van der Waals surface area contributed by atoms with Gasteiger partial charge in [0.25, 0.3) is 11.7 Å². The Morgan fingerprint density at radius 2 is 1.77 bits per heavy atom. The number of benzene rings is 2. The van der Waals surface area contributed by atoms with Crippen LogP contribution in [0.2, 0.25) is 10.0 Å². The number of nitrogens with zero attached hydrogens (tertiary/aromatic N) is 1. The summed E-state index contributed by atoms with van der Waals surface area (Å²) in [5.41, 5.74) is 2.09. The lowest BCUT2D eigenvalue weighted by molar-refractivity contribution is -0.180. The molecule has 0 radical (unpaired) electrons. The van der Waals surface area contributed by atoms with Crippen LogP contribution in [0, 0.1) is 0 Å². The zero-order valence-corrected chi connectivity index (χ0v) is 18.5. The zero-order chi connectivity index (χ0) is 21.1. The molecule has 0 saturated carbocycles. The standard InChI is InChI=1S/C23H25Cl2NO4/c1-2-3-4-5-12-28-17-8-6-16(7-9-17)15-26-21-18(10-11-19(24)20(21)25)23(22(26)27)29-13-14-30-23/h6-11H,2-5,12-15H2,1H3. The third kappa shape index (κ3) is 3.92. The van der Waals surface area contributed by atoms with Crippen LogP contribution in [0.15, 0.2) is 36.4 Å². The molecule has 160 valence electrons. The average molecular weight is 450 g/mol. The molecule has 2 heterocycles. The van der Waals surface area contributed by atoms with E-state index in [0.29, 0.717) is 47.7 Å². The topological polar surface area (TPSA) is 48.0 Å². The highest BCUT2D eigenvalue weighted by molar-refractivity contribution is 6.44. The number of halogens is 2. The van der Waals surface area contributed by atoms with Crippen LogP contribution in [0.4, 0.5) is 5.69 Å². The van der Waals surface area contributed by atoms with Gasteiger partial charge in [-0.1, -0.05) is 61.5 Å². The Kier molecular flexibility index (Phi) is 6.54. The van der Waals surface area contributed by atoms with E-state index < -0.39 is 5.79 Å².